The van der Waals surface area contributed by atoms with Crippen LogP contribution in [0.15, 0.2) is 59.7 Å². The van der Waals surface area contributed by atoms with Crippen LogP contribution in [0.25, 0.3) is 0 Å². The molecule has 1 aliphatic rings. The third-order valence-electron chi connectivity index (χ3n) is 12.7. The van der Waals surface area contributed by atoms with E-state index in [9.17, 15) is 133 Å². The number of allylic oxidation sites excluding steroid dienone is 1. The van der Waals surface area contributed by atoms with Crippen molar-refractivity contribution >= 4 is 33.4 Å². The molecule has 1 fully saturated rings. The van der Waals surface area contributed by atoms with E-state index >= 15 is 0 Å². The maximum absolute atomic E-state index is 14.8. The maximum Gasteiger partial charge on any atom is 0.384 e. The molecule has 5 unspecified atom stereocenters. The Morgan fingerprint density at radius 3 is 1.48 bits per heavy atom. The molecule has 1 heterocycles. The average molecular weight is 1270 g/mol. The molecule has 5 atom stereocenters. The Labute approximate surface area is 453 Å². The number of imide groups is 1. The fourth-order valence-corrected chi connectivity index (χ4v) is 8.36. The van der Waals surface area contributed by atoms with Gasteiger partial charge < -0.3 is 14.4 Å². The Morgan fingerprint density at radius 2 is 1.12 bits per heavy atom. The molecular formula is C46H44F24N2O10S. The van der Waals surface area contributed by atoms with Crippen molar-refractivity contribution in [2.45, 2.75) is 143 Å². The van der Waals surface area contributed by atoms with Crippen molar-refractivity contribution in [2.24, 2.45) is 23.2 Å². The number of nitriles is 1. The normalized spacial score (nSPS) is 18.0. The number of carbonyl (C=O) groups excluding carboxylic acids is 3. The number of ketones is 1. The minimum absolute atomic E-state index is 0.00361. The molecule has 83 heavy (non-hydrogen) atoms. The van der Waals surface area contributed by atoms with Gasteiger partial charge in [-0.3, -0.25) is 18.9 Å². The standard InChI is InChI=1S/C34H25F24NO7S.C12H19NO3/c1-3-17(14-4-7-16(8-5-14)67(62,63)64)20-13(2)21(60)59(22(20)61)15-6-9-18(65-11-25(39,40)29(47,48)33(55,56)31(51,52)27(43,44)23(35)36)19(10-15)66-12-26(41,42)30(49,50)34(57,58)32(53,54)28(45,46)24(37)38;1-5-11(14)9(2)6-12(4,8-13)7-10(3)16-15/h4-10,13,17,20,23-24H,3,11-12H2,1-2H3,(H,62,63,64);9,15H,3,5-7H2,1-2,4H3. The van der Waals surface area contributed by atoms with E-state index in [4.69, 9.17) is 10.5 Å². The molecule has 2 N–H and O–H groups in total. The van der Waals surface area contributed by atoms with E-state index in [1.807, 2.05) is 6.92 Å². The van der Waals surface area contributed by atoms with E-state index in [1.165, 1.54) is 6.92 Å². The smallest absolute Gasteiger partial charge is 0.384 e. The fourth-order valence-electron chi connectivity index (χ4n) is 7.88. The molecule has 0 spiro atoms. The summed E-state index contributed by atoms with van der Waals surface area (Å²) in [7, 11) is -4.80. The van der Waals surface area contributed by atoms with Gasteiger partial charge in [0.1, 0.15) is 11.5 Å². The number of amides is 2. The molecule has 3 rings (SSSR count). The number of alkyl halides is 24. The molecular weight excluding hydrogens is 1230 g/mol. The number of nitrogens with zero attached hydrogens (tertiary/aromatic N) is 2. The lowest BCUT2D eigenvalue weighted by Gasteiger charge is -2.39. The number of halogens is 24. The van der Waals surface area contributed by atoms with Gasteiger partial charge in [-0.2, -0.15) is 101 Å². The summed E-state index contributed by atoms with van der Waals surface area (Å²) >= 11 is 0. The third-order valence-corrected chi connectivity index (χ3v) is 13.5. The van der Waals surface area contributed by atoms with Crippen molar-refractivity contribution < 1.29 is 152 Å². The van der Waals surface area contributed by atoms with Crippen molar-refractivity contribution in [1.29, 1.82) is 5.26 Å². The Hall–Kier alpha value is -5.93. The SMILES string of the molecule is C=C(CC(C)(C#N)CC(C)C(=O)CC)OO.CCC(c1ccc(S(=O)(=O)O)cc1)C1C(=O)N(c2ccc(OCC(F)(F)C(F)(F)C(F)(F)C(F)(F)C(F)(F)C(F)F)c(OCC(F)(F)C(F)(F)C(F)(F)C(F)(F)C(F)(F)C(F)F)c2)C(=O)C1C. The first-order valence-corrected chi connectivity index (χ1v) is 24.3. The first-order valence-electron chi connectivity index (χ1n) is 22.8. The van der Waals surface area contributed by atoms with Crippen LogP contribution in [0.4, 0.5) is 111 Å². The van der Waals surface area contributed by atoms with E-state index < -0.39 is 152 Å². The van der Waals surface area contributed by atoms with Gasteiger partial charge in [0, 0.05) is 30.7 Å². The molecule has 0 saturated carbocycles. The first kappa shape index (κ1) is 73.2. The van der Waals surface area contributed by atoms with Gasteiger partial charge in [-0.15, -0.1) is 0 Å². The topological polar surface area (TPSA) is 181 Å². The summed E-state index contributed by atoms with van der Waals surface area (Å²) in [5, 5.41) is 17.5. The molecule has 1 aliphatic heterocycles. The molecule has 2 aromatic carbocycles. The highest BCUT2D eigenvalue weighted by Crippen LogP contribution is 2.60. The predicted octanol–water partition coefficient (Wildman–Crippen LogP) is 13.8. The molecule has 0 aromatic heterocycles. The summed E-state index contributed by atoms with van der Waals surface area (Å²) in [5.41, 5.74) is -1.85. The Balaban J connectivity index is 0.00000127. The Bertz CT molecular complexity index is 2810. The van der Waals surface area contributed by atoms with Crippen LogP contribution in [-0.4, -0.2) is 121 Å². The highest BCUT2D eigenvalue weighted by atomic mass is 32.2. The summed E-state index contributed by atoms with van der Waals surface area (Å²) in [5.74, 6) is -88.8. The van der Waals surface area contributed by atoms with Gasteiger partial charge in [0.2, 0.25) is 11.8 Å². The molecule has 1 saturated heterocycles. The van der Waals surface area contributed by atoms with Crippen LogP contribution in [0.3, 0.4) is 0 Å². The summed E-state index contributed by atoms with van der Waals surface area (Å²) in [6, 6.07) is 5.69. The van der Waals surface area contributed by atoms with Crippen LogP contribution in [0.1, 0.15) is 71.8 Å². The first-order chi connectivity index (χ1) is 37.2. The van der Waals surface area contributed by atoms with Gasteiger partial charge >= 0.3 is 72.1 Å². The Morgan fingerprint density at radius 1 is 0.699 bits per heavy atom. The second-order valence-electron chi connectivity index (χ2n) is 18.7. The highest BCUT2D eigenvalue weighted by molar-refractivity contribution is 7.85. The average Bonchev–Trinajstić information content (AvgIpc) is 2.04. The summed E-state index contributed by atoms with van der Waals surface area (Å²) < 4.78 is 371. The molecule has 2 amide bonds. The number of anilines is 1. The molecule has 12 nitrogen and oxygen atoms in total. The van der Waals surface area contributed by atoms with Crippen molar-refractivity contribution in [3.63, 3.8) is 0 Å². The minimum atomic E-state index is -8.22. The van der Waals surface area contributed by atoms with Crippen LogP contribution >= 0.6 is 0 Å². The number of rotatable bonds is 28. The summed E-state index contributed by atoms with van der Waals surface area (Å²) in [6.07, 6.45) is -10.9. The van der Waals surface area contributed by atoms with E-state index in [2.05, 4.69) is 27.0 Å². The maximum atomic E-state index is 14.8. The number of carbonyl (C=O) groups is 3. The van der Waals surface area contributed by atoms with Crippen molar-refractivity contribution in [1.82, 2.24) is 0 Å². The lowest BCUT2D eigenvalue weighted by atomic mass is 9.78. The van der Waals surface area contributed by atoms with E-state index in [0.717, 1.165) is 31.2 Å². The summed E-state index contributed by atoms with van der Waals surface area (Å²) in [6.45, 7) is 3.87. The van der Waals surface area contributed by atoms with Crippen molar-refractivity contribution in [3.05, 3.63) is 60.4 Å². The van der Waals surface area contributed by atoms with Crippen LogP contribution in [0.2, 0.25) is 0 Å². The van der Waals surface area contributed by atoms with Crippen LogP contribution in [0.5, 0.6) is 11.5 Å². The Kier molecular flexibility index (Phi) is 22.0. The number of hydrogen-bond acceptors (Lipinski definition) is 10. The second-order valence-corrected chi connectivity index (χ2v) is 20.1. The molecule has 0 radical (unpaired) electrons. The van der Waals surface area contributed by atoms with Crippen LogP contribution in [-0.2, 0) is 29.4 Å². The zero-order valence-electron chi connectivity index (χ0n) is 42.5. The molecule has 37 heteroatoms. The van der Waals surface area contributed by atoms with E-state index in [0.29, 0.717) is 12.8 Å². The zero-order valence-corrected chi connectivity index (χ0v) is 43.3. The van der Waals surface area contributed by atoms with Crippen LogP contribution < -0.4 is 14.4 Å². The van der Waals surface area contributed by atoms with Gasteiger partial charge in [-0.05, 0) is 55.5 Å². The van der Waals surface area contributed by atoms with Gasteiger partial charge in [0.15, 0.2) is 24.7 Å². The summed E-state index contributed by atoms with van der Waals surface area (Å²) in [4.78, 5) is 41.9. The molecule has 0 aliphatic carbocycles. The number of benzene rings is 2. The molecule has 0 bridgehead atoms. The van der Waals surface area contributed by atoms with Gasteiger partial charge in [-0.25, -0.2) is 27.7 Å². The second kappa shape index (κ2) is 25.0. The van der Waals surface area contributed by atoms with E-state index in [-0.39, 0.29) is 59.0 Å². The predicted molar refractivity (Wildman–Crippen MR) is 234 cm³/mol. The van der Waals surface area contributed by atoms with Gasteiger partial charge in [0.25, 0.3) is 10.1 Å². The zero-order chi connectivity index (χ0) is 65.3. The number of Topliss-reactive ketones (excluding diaryl/α,β-unsaturated/α-hetero) is 1. The highest BCUT2D eigenvalue weighted by Gasteiger charge is 2.89. The van der Waals surface area contributed by atoms with Gasteiger partial charge in [-0.1, -0.05) is 46.4 Å². The lowest BCUT2D eigenvalue weighted by molar-refractivity contribution is -0.414. The van der Waals surface area contributed by atoms with Crippen molar-refractivity contribution in [2.75, 3.05) is 18.1 Å². The van der Waals surface area contributed by atoms with Crippen molar-refractivity contribution in [3.8, 4) is 17.6 Å². The van der Waals surface area contributed by atoms with Gasteiger partial charge in [0.05, 0.1) is 28.0 Å². The quantitative estimate of drug-likeness (QED) is 0.0207. The largest absolute Gasteiger partial charge is 0.483 e. The molecule has 472 valence electrons. The lowest BCUT2D eigenvalue weighted by Crippen LogP contribution is -2.69. The number of hydrogen-bond donors (Lipinski definition) is 2. The van der Waals surface area contributed by atoms with E-state index in [1.54, 1.807) is 13.8 Å². The monoisotopic (exact) mass is 1270 g/mol. The minimum Gasteiger partial charge on any atom is -0.483 e. The molecule has 2 aromatic rings. The number of ether oxygens (including phenoxy) is 2. The van der Waals surface area contributed by atoms with Crippen LogP contribution in [0, 0.1) is 34.5 Å². The fraction of sp³-hybridized carbons (Fsp3) is 0.609. The third kappa shape index (κ3) is 13.8.